The Morgan fingerprint density at radius 2 is 1.81 bits per heavy atom. The number of rotatable bonds is 6. The lowest BCUT2D eigenvalue weighted by molar-refractivity contribution is -0.885. The van der Waals surface area contributed by atoms with Gasteiger partial charge in [-0.2, -0.15) is 0 Å². The van der Waals surface area contributed by atoms with Gasteiger partial charge in [0.2, 0.25) is 0 Å². The summed E-state index contributed by atoms with van der Waals surface area (Å²) in [6, 6.07) is 16.3. The third-order valence-electron chi connectivity index (χ3n) is 4.42. The van der Waals surface area contributed by atoms with Crippen molar-refractivity contribution in [3.05, 3.63) is 76.7 Å². The molecule has 1 aliphatic rings. The van der Waals surface area contributed by atoms with Gasteiger partial charge in [0.25, 0.3) is 5.91 Å². The van der Waals surface area contributed by atoms with Crippen molar-refractivity contribution in [1.82, 2.24) is 0 Å². The van der Waals surface area contributed by atoms with Crippen LogP contribution in [0.1, 0.15) is 5.56 Å². The van der Waals surface area contributed by atoms with Gasteiger partial charge in [0, 0.05) is 21.7 Å². The summed E-state index contributed by atoms with van der Waals surface area (Å²) < 4.78 is 23.7. The zero-order valence-corrected chi connectivity index (χ0v) is 16.6. The molecule has 2 aromatic carbocycles. The van der Waals surface area contributed by atoms with Gasteiger partial charge < -0.3 is 4.90 Å². The van der Waals surface area contributed by atoms with Crippen molar-refractivity contribution in [2.24, 2.45) is 0 Å². The molecule has 0 saturated heterocycles. The van der Waals surface area contributed by atoms with Gasteiger partial charge in [-0.05, 0) is 30.3 Å². The molecule has 1 N–H and O–H groups in total. The summed E-state index contributed by atoms with van der Waals surface area (Å²) in [5.41, 5.74) is 1.79. The highest BCUT2D eigenvalue weighted by molar-refractivity contribution is 7.94. The minimum atomic E-state index is -3.26. The van der Waals surface area contributed by atoms with Crippen molar-refractivity contribution in [2.75, 3.05) is 24.2 Å². The predicted molar refractivity (Wildman–Crippen MR) is 108 cm³/mol. The fraction of sp³-hybridized carbons (Fsp3) is 0.250. The van der Waals surface area contributed by atoms with E-state index < -0.39 is 15.9 Å². The van der Waals surface area contributed by atoms with Crippen LogP contribution in [0.2, 0.25) is 5.02 Å². The highest BCUT2D eigenvalue weighted by Crippen LogP contribution is 2.22. The summed E-state index contributed by atoms with van der Waals surface area (Å²) in [7, 11) is -1.32. The van der Waals surface area contributed by atoms with Gasteiger partial charge in [-0.25, -0.2) is 8.42 Å². The lowest BCUT2D eigenvalue weighted by atomic mass is 10.2. The second-order valence-electron chi connectivity index (χ2n) is 6.76. The predicted octanol–water partition coefficient (Wildman–Crippen LogP) is 1.70. The molecule has 2 aromatic rings. The molecule has 1 unspecified atom stereocenters. The van der Waals surface area contributed by atoms with Gasteiger partial charge in [0.1, 0.15) is 6.54 Å². The summed E-state index contributed by atoms with van der Waals surface area (Å²) >= 11 is 5.91. The summed E-state index contributed by atoms with van der Waals surface area (Å²) in [4.78, 5) is 15.6. The second kappa shape index (κ2) is 8.25. The summed E-state index contributed by atoms with van der Waals surface area (Å²) in [5, 5.41) is 1.88. The number of anilines is 1. The smallest absolute Gasteiger partial charge is 0.282 e. The van der Waals surface area contributed by atoms with E-state index in [4.69, 9.17) is 11.6 Å². The van der Waals surface area contributed by atoms with E-state index in [0.29, 0.717) is 17.3 Å². The Morgan fingerprint density at radius 1 is 1.15 bits per heavy atom. The van der Waals surface area contributed by atoms with Gasteiger partial charge in [-0.1, -0.05) is 41.9 Å². The first-order valence-corrected chi connectivity index (χ1v) is 10.8. The average molecular weight is 406 g/mol. The molecule has 0 aliphatic carbocycles. The second-order valence-corrected chi connectivity index (χ2v) is 9.13. The van der Waals surface area contributed by atoms with Crippen LogP contribution in [-0.2, 0) is 21.2 Å². The van der Waals surface area contributed by atoms with Crippen LogP contribution in [0, 0.1) is 0 Å². The number of sulfone groups is 1. The Hall–Kier alpha value is -2.15. The van der Waals surface area contributed by atoms with Gasteiger partial charge >= 0.3 is 0 Å². The molecule has 0 fully saturated rings. The average Bonchev–Trinajstić information content (AvgIpc) is 2.97. The lowest BCUT2D eigenvalue weighted by Gasteiger charge is -2.28. The van der Waals surface area contributed by atoms with Gasteiger partial charge in [0.15, 0.2) is 16.4 Å². The summed E-state index contributed by atoms with van der Waals surface area (Å²) in [6.07, 6.45) is 1.59. The van der Waals surface area contributed by atoms with E-state index in [-0.39, 0.29) is 18.2 Å². The molecule has 0 radical (unpaired) electrons. The number of nitrogens with one attached hydrogen (secondary N) is 1. The normalized spacial score (nSPS) is 19.0. The molecular weight excluding hydrogens is 384 g/mol. The van der Waals surface area contributed by atoms with E-state index in [1.165, 1.54) is 5.41 Å². The number of nitrogens with zero attached hydrogens (tertiary/aromatic N) is 1. The maximum absolute atomic E-state index is 13.1. The van der Waals surface area contributed by atoms with Crippen molar-refractivity contribution < 1.29 is 18.1 Å². The van der Waals surface area contributed by atoms with Crippen molar-refractivity contribution in [1.29, 1.82) is 0 Å². The van der Waals surface area contributed by atoms with Crippen LogP contribution < -0.4 is 9.80 Å². The Bertz CT molecular complexity index is 927. The van der Waals surface area contributed by atoms with Crippen molar-refractivity contribution >= 4 is 33.0 Å². The lowest BCUT2D eigenvalue weighted by Crippen LogP contribution is -3.09. The Labute approximate surface area is 164 Å². The molecule has 27 heavy (non-hydrogen) atoms. The molecule has 3 rings (SSSR count). The van der Waals surface area contributed by atoms with Gasteiger partial charge in [-0.3, -0.25) is 9.69 Å². The Kier molecular flexibility index (Phi) is 5.99. The minimum Gasteiger partial charge on any atom is -0.326 e. The van der Waals surface area contributed by atoms with Crippen molar-refractivity contribution in [3.63, 3.8) is 0 Å². The number of amides is 1. The molecule has 0 aromatic heterocycles. The molecule has 5 nitrogen and oxygen atoms in total. The maximum Gasteiger partial charge on any atom is 0.282 e. The number of benzene rings is 2. The van der Waals surface area contributed by atoms with Crippen LogP contribution in [0.5, 0.6) is 0 Å². The molecule has 1 aliphatic heterocycles. The zero-order valence-electron chi connectivity index (χ0n) is 15.0. The van der Waals surface area contributed by atoms with Crippen molar-refractivity contribution in [3.8, 4) is 0 Å². The molecule has 1 amide bonds. The number of carbonyl (C=O) groups excluding carboxylic acids is 1. The number of hydrogen-bond acceptors (Lipinski definition) is 3. The van der Waals surface area contributed by atoms with E-state index >= 15 is 0 Å². The monoisotopic (exact) mass is 405 g/mol. The number of hydrogen-bond donors (Lipinski definition) is 1. The highest BCUT2D eigenvalue weighted by Gasteiger charge is 2.32. The fourth-order valence-electron chi connectivity index (χ4n) is 3.19. The SMILES string of the molecule is C[NH+](CC(=O)N(c1ccccc1)[C@@H]1C=CS(=O)(=O)C1)Cc1ccc(Cl)cc1. The van der Waals surface area contributed by atoms with Crippen LogP contribution in [-0.4, -0.2) is 39.7 Å². The fourth-order valence-corrected chi connectivity index (χ4v) is 4.58. The summed E-state index contributed by atoms with van der Waals surface area (Å²) in [5.74, 6) is -0.191. The largest absolute Gasteiger partial charge is 0.326 e. The molecule has 142 valence electrons. The summed E-state index contributed by atoms with van der Waals surface area (Å²) in [6.45, 7) is 0.923. The first kappa shape index (κ1) is 19.6. The number of likely N-dealkylation sites (N-methyl/N-ethyl adjacent to an activating group) is 1. The van der Waals surface area contributed by atoms with Gasteiger partial charge in [-0.15, -0.1) is 0 Å². The Morgan fingerprint density at radius 3 is 2.41 bits per heavy atom. The molecule has 1 heterocycles. The number of quaternary nitrogens is 1. The first-order chi connectivity index (χ1) is 12.8. The Balaban J connectivity index is 1.75. The highest BCUT2D eigenvalue weighted by atomic mass is 35.5. The maximum atomic E-state index is 13.1. The number of para-hydroxylation sites is 1. The van der Waals surface area contributed by atoms with E-state index in [1.807, 2.05) is 61.6 Å². The molecular formula is C20H22ClN2O3S+. The molecule has 0 bridgehead atoms. The number of halogens is 1. The van der Waals surface area contributed by atoms with E-state index in [2.05, 4.69) is 0 Å². The minimum absolute atomic E-state index is 0.0795. The quantitative estimate of drug-likeness (QED) is 0.795. The van der Waals surface area contributed by atoms with E-state index in [0.717, 1.165) is 10.5 Å². The van der Waals surface area contributed by atoms with E-state index in [1.54, 1.807) is 11.0 Å². The topological polar surface area (TPSA) is 58.9 Å². The first-order valence-electron chi connectivity index (χ1n) is 8.68. The van der Waals surface area contributed by atoms with Crippen molar-refractivity contribution in [2.45, 2.75) is 12.6 Å². The van der Waals surface area contributed by atoms with Crippen LogP contribution in [0.15, 0.2) is 66.1 Å². The zero-order chi connectivity index (χ0) is 19.4. The number of carbonyl (C=O) groups is 1. The van der Waals surface area contributed by atoms with Crippen LogP contribution in [0.25, 0.3) is 0 Å². The van der Waals surface area contributed by atoms with Gasteiger partial charge in [0.05, 0.1) is 18.8 Å². The van der Waals surface area contributed by atoms with E-state index in [9.17, 15) is 13.2 Å². The molecule has 0 saturated carbocycles. The standard InChI is InChI=1S/C20H21ClN2O3S/c1-22(13-16-7-9-17(21)10-8-16)14-20(24)23(18-5-3-2-4-6-18)19-11-12-27(25,26)15-19/h2-12,19H,13-15H2,1H3/p+1/t19-/m1/s1. The third-order valence-corrected chi connectivity index (χ3v) is 6.05. The van der Waals surface area contributed by atoms with Crippen LogP contribution >= 0.6 is 11.6 Å². The molecule has 7 heteroatoms. The third kappa shape index (κ3) is 5.19. The van der Waals surface area contributed by atoms with Crippen LogP contribution in [0.4, 0.5) is 5.69 Å². The van der Waals surface area contributed by atoms with Crippen LogP contribution in [0.3, 0.4) is 0 Å². The molecule has 0 spiro atoms. The molecule has 2 atom stereocenters.